The number of hydrogen-bond acceptors (Lipinski definition) is 5. The fraction of sp³-hybridized carbons (Fsp3) is 0.750. The first-order valence-corrected chi connectivity index (χ1v) is 6.46. The summed E-state index contributed by atoms with van der Waals surface area (Å²) in [7, 11) is 0. The first kappa shape index (κ1) is 14.2. The fourth-order valence-electron chi connectivity index (χ4n) is 1.58. The molecule has 0 aromatic carbocycles. The van der Waals surface area contributed by atoms with E-state index in [-0.39, 0.29) is 0 Å². The van der Waals surface area contributed by atoms with Gasteiger partial charge in [-0.25, -0.2) is 0 Å². The van der Waals surface area contributed by atoms with E-state index in [4.69, 9.17) is 0 Å². The van der Waals surface area contributed by atoms with E-state index in [2.05, 4.69) is 25.6 Å². The predicted molar refractivity (Wildman–Crippen MR) is 69.0 cm³/mol. The van der Waals surface area contributed by atoms with E-state index >= 15 is 0 Å². The molecule has 98 valence electrons. The van der Waals surface area contributed by atoms with Crippen molar-refractivity contribution in [2.75, 3.05) is 39.3 Å². The highest BCUT2D eigenvalue weighted by Gasteiger charge is 1.93. The molecule has 0 spiro atoms. The molecule has 2 aliphatic rings. The van der Waals surface area contributed by atoms with Gasteiger partial charge in [0.2, 0.25) is 0 Å². The summed E-state index contributed by atoms with van der Waals surface area (Å²) < 4.78 is 4.33. The molecule has 17 heavy (non-hydrogen) atoms. The van der Waals surface area contributed by atoms with Gasteiger partial charge < -0.3 is 20.5 Å². The molecule has 1 aromatic heterocycles. The second-order valence-electron chi connectivity index (χ2n) is 4.00. The van der Waals surface area contributed by atoms with Crippen molar-refractivity contribution in [1.29, 1.82) is 0 Å². The van der Waals surface area contributed by atoms with Crippen molar-refractivity contribution in [3.63, 3.8) is 0 Å². The first-order valence-electron chi connectivity index (χ1n) is 6.46. The molecule has 0 atom stereocenters. The van der Waals surface area contributed by atoms with Crippen molar-refractivity contribution in [3.8, 4) is 0 Å². The maximum atomic E-state index is 4.33. The Morgan fingerprint density at radius 2 is 1.35 bits per heavy atom. The normalized spacial score (nSPS) is 19.3. The van der Waals surface area contributed by atoms with Gasteiger partial charge in [0.15, 0.2) is 0 Å². The molecule has 5 nitrogen and oxygen atoms in total. The molecular weight excluding hydrogens is 216 g/mol. The van der Waals surface area contributed by atoms with Gasteiger partial charge >= 0.3 is 0 Å². The van der Waals surface area contributed by atoms with Crippen LogP contribution in [0.25, 0.3) is 0 Å². The predicted octanol–water partition coefficient (Wildman–Crippen LogP) is 0.614. The topological polar surface area (TPSA) is 62.1 Å². The second-order valence-corrected chi connectivity index (χ2v) is 4.00. The van der Waals surface area contributed by atoms with Gasteiger partial charge in [-0.2, -0.15) is 0 Å². The van der Waals surface area contributed by atoms with Crippen LogP contribution in [-0.4, -0.2) is 44.4 Å². The monoisotopic (exact) mass is 240 g/mol. The molecule has 0 bridgehead atoms. The Morgan fingerprint density at radius 3 is 1.53 bits per heavy atom. The van der Waals surface area contributed by atoms with Gasteiger partial charge in [-0.15, -0.1) is 0 Å². The molecule has 0 amide bonds. The van der Waals surface area contributed by atoms with Crippen molar-refractivity contribution in [1.82, 2.24) is 21.1 Å². The number of piperidine rings is 1. The van der Waals surface area contributed by atoms with Crippen molar-refractivity contribution in [3.05, 3.63) is 18.5 Å². The van der Waals surface area contributed by atoms with E-state index in [0.29, 0.717) is 0 Å². The summed E-state index contributed by atoms with van der Waals surface area (Å²) in [5.41, 5.74) is 0. The summed E-state index contributed by atoms with van der Waals surface area (Å²) in [6, 6.07) is 1.72. The van der Waals surface area contributed by atoms with Gasteiger partial charge in [-0.05, 0) is 32.0 Å². The molecule has 2 fully saturated rings. The highest BCUT2D eigenvalue weighted by atomic mass is 16.5. The van der Waals surface area contributed by atoms with Crippen LogP contribution in [0.5, 0.6) is 0 Å². The van der Waals surface area contributed by atoms with Crippen molar-refractivity contribution in [2.24, 2.45) is 0 Å². The molecule has 3 rings (SSSR count). The van der Waals surface area contributed by atoms with E-state index in [0.717, 1.165) is 26.2 Å². The SMILES string of the molecule is C1CCNCC1.C1CNCCN1.c1cnoc1. The van der Waals surface area contributed by atoms with Crippen LogP contribution in [0, 0.1) is 0 Å². The summed E-state index contributed by atoms with van der Waals surface area (Å²) in [4.78, 5) is 0. The Morgan fingerprint density at radius 1 is 0.765 bits per heavy atom. The van der Waals surface area contributed by atoms with Gasteiger partial charge in [0.05, 0.1) is 6.20 Å². The largest absolute Gasteiger partial charge is 0.365 e. The van der Waals surface area contributed by atoms with Gasteiger partial charge in [0, 0.05) is 26.2 Å². The molecule has 3 heterocycles. The fourth-order valence-corrected chi connectivity index (χ4v) is 1.58. The van der Waals surface area contributed by atoms with E-state index in [1.165, 1.54) is 38.6 Å². The molecule has 0 unspecified atom stereocenters. The number of hydrogen-bond donors (Lipinski definition) is 3. The van der Waals surface area contributed by atoms with Crippen molar-refractivity contribution in [2.45, 2.75) is 19.3 Å². The van der Waals surface area contributed by atoms with E-state index in [1.807, 2.05) is 0 Å². The molecule has 2 aliphatic heterocycles. The number of nitrogens with one attached hydrogen (secondary N) is 3. The number of piperazine rings is 1. The highest BCUT2D eigenvalue weighted by Crippen LogP contribution is 1.96. The Labute approximate surface area is 103 Å². The summed E-state index contributed by atoms with van der Waals surface area (Å²) in [6.07, 6.45) is 7.31. The van der Waals surface area contributed by atoms with Crippen LogP contribution in [0.1, 0.15) is 19.3 Å². The Bertz CT molecular complexity index is 168. The maximum absolute atomic E-state index is 4.33. The van der Waals surface area contributed by atoms with Crippen molar-refractivity contribution >= 4 is 0 Å². The summed E-state index contributed by atoms with van der Waals surface area (Å²) in [5, 5.41) is 13.1. The Kier molecular flexibility index (Phi) is 9.63. The van der Waals surface area contributed by atoms with Gasteiger partial charge in [0.1, 0.15) is 6.26 Å². The van der Waals surface area contributed by atoms with Gasteiger partial charge in [-0.3, -0.25) is 0 Å². The third-order valence-electron chi connectivity index (χ3n) is 2.51. The average molecular weight is 240 g/mol. The zero-order valence-electron chi connectivity index (χ0n) is 10.5. The minimum atomic E-state index is 1.14. The van der Waals surface area contributed by atoms with Crippen LogP contribution in [0.15, 0.2) is 23.0 Å². The van der Waals surface area contributed by atoms with Crippen LogP contribution in [-0.2, 0) is 0 Å². The summed E-state index contributed by atoms with van der Waals surface area (Å²) >= 11 is 0. The number of nitrogens with zero attached hydrogens (tertiary/aromatic N) is 1. The standard InChI is InChI=1S/C5H11N.C4H10N2.C3H3NO/c1-2-4-6-5-3-1;1-2-6-4-3-5-1;1-2-4-5-3-1/h6H,1-5H2;5-6H,1-4H2;1-3H. The third-order valence-corrected chi connectivity index (χ3v) is 2.51. The lowest BCUT2D eigenvalue weighted by molar-refractivity contribution is 0.420. The molecular formula is C12H24N4O. The van der Waals surface area contributed by atoms with Crippen LogP contribution in [0.3, 0.4) is 0 Å². The lowest BCUT2D eigenvalue weighted by Gasteiger charge is -2.11. The number of rotatable bonds is 0. The molecule has 0 aliphatic carbocycles. The van der Waals surface area contributed by atoms with Gasteiger partial charge in [-0.1, -0.05) is 11.6 Å². The van der Waals surface area contributed by atoms with Crippen LogP contribution < -0.4 is 16.0 Å². The van der Waals surface area contributed by atoms with E-state index in [9.17, 15) is 0 Å². The van der Waals surface area contributed by atoms with Crippen LogP contribution in [0.4, 0.5) is 0 Å². The zero-order chi connectivity index (χ0) is 12.0. The van der Waals surface area contributed by atoms with Crippen LogP contribution in [0.2, 0.25) is 0 Å². The zero-order valence-corrected chi connectivity index (χ0v) is 10.5. The molecule has 0 saturated carbocycles. The smallest absolute Gasteiger partial charge is 0.123 e. The minimum Gasteiger partial charge on any atom is -0.365 e. The quantitative estimate of drug-likeness (QED) is 0.620. The first-order chi connectivity index (χ1) is 8.50. The van der Waals surface area contributed by atoms with Gasteiger partial charge in [0.25, 0.3) is 0 Å². The Balaban J connectivity index is 0.000000128. The Hall–Kier alpha value is -0.910. The lowest BCUT2D eigenvalue weighted by Crippen LogP contribution is -2.39. The average Bonchev–Trinajstić information content (AvgIpc) is 3.03. The van der Waals surface area contributed by atoms with Crippen molar-refractivity contribution < 1.29 is 4.52 Å². The molecule has 0 radical (unpaired) electrons. The van der Waals surface area contributed by atoms with Crippen LogP contribution >= 0.6 is 0 Å². The number of aromatic nitrogens is 1. The van der Waals surface area contributed by atoms with E-state index in [1.54, 1.807) is 12.3 Å². The second kappa shape index (κ2) is 11.6. The molecule has 2 saturated heterocycles. The lowest BCUT2D eigenvalue weighted by atomic mass is 10.2. The summed E-state index contributed by atoms with van der Waals surface area (Å²) in [6.45, 7) is 7.06. The molecule has 3 N–H and O–H groups in total. The summed E-state index contributed by atoms with van der Waals surface area (Å²) in [5.74, 6) is 0. The highest BCUT2D eigenvalue weighted by molar-refractivity contribution is 4.67. The molecule has 1 aromatic rings. The maximum Gasteiger partial charge on any atom is 0.123 e. The third kappa shape index (κ3) is 9.99. The van der Waals surface area contributed by atoms with E-state index < -0.39 is 0 Å². The minimum absolute atomic E-state index is 1.14. The molecule has 5 heteroatoms.